The SMILES string of the molecule is C.C1CCOC1.COc1ccc(Br)c(CCC#N)c1.COc1ccc(Br)c(CCCN)c1. The summed E-state index contributed by atoms with van der Waals surface area (Å²) in [6, 6.07) is 13.9. The van der Waals surface area contributed by atoms with Gasteiger partial charge in [-0.15, -0.1) is 0 Å². The third-order valence-electron chi connectivity index (χ3n) is 4.49. The van der Waals surface area contributed by atoms with Crippen LogP contribution in [0, 0.1) is 11.3 Å². The molecule has 3 rings (SSSR count). The van der Waals surface area contributed by atoms with Crippen molar-refractivity contribution in [2.45, 2.75) is 46.0 Å². The second kappa shape index (κ2) is 18.9. The van der Waals surface area contributed by atoms with Gasteiger partial charge in [0.2, 0.25) is 0 Å². The van der Waals surface area contributed by atoms with Gasteiger partial charge in [-0.2, -0.15) is 5.26 Å². The standard InChI is InChI=1S/C10H14BrNO.C10H10BrNO.C4H8O.CH4/c2*1-13-9-4-5-10(11)8(7-9)3-2-6-12;1-2-4-5-3-1;/h4-5,7H,2-3,6,12H2,1H3;4-5,7H,2-3H2,1H3;1-4H2;1H4. The predicted molar refractivity (Wildman–Crippen MR) is 139 cm³/mol. The number of ether oxygens (including phenoxy) is 3. The van der Waals surface area contributed by atoms with Gasteiger partial charge in [0, 0.05) is 28.6 Å². The van der Waals surface area contributed by atoms with E-state index in [1.54, 1.807) is 14.2 Å². The van der Waals surface area contributed by atoms with E-state index >= 15 is 0 Å². The zero-order chi connectivity index (χ0) is 22.9. The molecule has 1 heterocycles. The first-order chi connectivity index (χ1) is 15.0. The second-order valence-corrected chi connectivity index (χ2v) is 8.49. The largest absolute Gasteiger partial charge is 0.497 e. The number of nitriles is 1. The van der Waals surface area contributed by atoms with Gasteiger partial charge in [-0.25, -0.2) is 0 Å². The maximum atomic E-state index is 8.45. The Balaban J connectivity index is 0.000000482. The van der Waals surface area contributed by atoms with Crippen LogP contribution >= 0.6 is 31.9 Å². The molecule has 32 heavy (non-hydrogen) atoms. The minimum absolute atomic E-state index is 0. The minimum atomic E-state index is 0. The van der Waals surface area contributed by atoms with Crippen LogP contribution in [-0.2, 0) is 17.6 Å². The first-order valence-electron chi connectivity index (χ1n) is 10.3. The summed E-state index contributed by atoms with van der Waals surface area (Å²) in [5.41, 5.74) is 7.82. The van der Waals surface area contributed by atoms with Crippen molar-refractivity contribution in [1.29, 1.82) is 5.26 Å². The average Bonchev–Trinajstić information content (AvgIpc) is 3.39. The van der Waals surface area contributed by atoms with E-state index < -0.39 is 0 Å². The molecule has 178 valence electrons. The van der Waals surface area contributed by atoms with Crippen molar-refractivity contribution < 1.29 is 14.2 Å². The lowest BCUT2D eigenvalue weighted by atomic mass is 10.1. The Morgan fingerprint density at radius 1 is 0.938 bits per heavy atom. The minimum Gasteiger partial charge on any atom is -0.497 e. The molecule has 0 radical (unpaired) electrons. The lowest BCUT2D eigenvalue weighted by molar-refractivity contribution is 0.198. The van der Waals surface area contributed by atoms with Crippen LogP contribution in [0.3, 0.4) is 0 Å². The van der Waals surface area contributed by atoms with Crippen LogP contribution in [0.2, 0.25) is 0 Å². The summed E-state index contributed by atoms with van der Waals surface area (Å²) in [6.45, 7) is 2.73. The molecular weight excluding hydrogens is 536 g/mol. The third-order valence-corrected chi connectivity index (χ3v) is 6.04. The Labute approximate surface area is 210 Å². The van der Waals surface area contributed by atoms with Crippen LogP contribution in [0.25, 0.3) is 0 Å². The summed E-state index contributed by atoms with van der Waals surface area (Å²) < 4.78 is 17.3. The number of benzene rings is 2. The van der Waals surface area contributed by atoms with E-state index in [1.807, 2.05) is 36.4 Å². The monoisotopic (exact) mass is 570 g/mol. The van der Waals surface area contributed by atoms with Gasteiger partial charge in [0.05, 0.1) is 20.3 Å². The van der Waals surface area contributed by atoms with Gasteiger partial charge in [-0.1, -0.05) is 39.3 Å². The van der Waals surface area contributed by atoms with E-state index in [2.05, 4.69) is 37.9 Å². The first kappa shape index (κ1) is 30.4. The number of rotatable bonds is 7. The molecule has 0 aliphatic carbocycles. The number of hydrogen-bond donors (Lipinski definition) is 1. The summed E-state index contributed by atoms with van der Waals surface area (Å²) in [5, 5.41) is 8.45. The van der Waals surface area contributed by atoms with Gasteiger partial charge >= 0.3 is 0 Å². The maximum Gasteiger partial charge on any atom is 0.119 e. The Morgan fingerprint density at radius 2 is 1.44 bits per heavy atom. The Hall–Kier alpha value is -1.59. The van der Waals surface area contributed by atoms with Crippen LogP contribution < -0.4 is 15.2 Å². The normalized spacial score (nSPS) is 11.6. The highest BCUT2D eigenvalue weighted by molar-refractivity contribution is 9.10. The highest BCUT2D eigenvalue weighted by atomic mass is 79.9. The molecule has 1 aliphatic rings. The van der Waals surface area contributed by atoms with E-state index in [0.717, 1.165) is 65.0 Å². The summed E-state index contributed by atoms with van der Waals surface area (Å²) in [7, 11) is 3.31. The van der Waals surface area contributed by atoms with Crippen LogP contribution in [0.4, 0.5) is 0 Å². The number of nitrogens with zero attached hydrogens (tertiary/aromatic N) is 1. The summed E-state index contributed by atoms with van der Waals surface area (Å²) in [5.74, 6) is 1.73. The molecule has 5 nitrogen and oxygen atoms in total. The van der Waals surface area contributed by atoms with E-state index in [4.69, 9.17) is 25.2 Å². The fraction of sp³-hybridized carbons (Fsp3) is 0.480. The molecule has 2 aromatic carbocycles. The molecule has 0 amide bonds. The molecular formula is C25H36Br2N2O3. The van der Waals surface area contributed by atoms with Crippen molar-refractivity contribution >= 4 is 31.9 Å². The third kappa shape index (κ3) is 12.4. The fourth-order valence-corrected chi connectivity index (χ4v) is 3.62. The van der Waals surface area contributed by atoms with E-state index in [1.165, 1.54) is 18.4 Å². The van der Waals surface area contributed by atoms with Crippen molar-refractivity contribution in [3.05, 3.63) is 56.5 Å². The summed E-state index contributed by atoms with van der Waals surface area (Å²) in [4.78, 5) is 0. The van der Waals surface area contributed by atoms with Gasteiger partial charge < -0.3 is 19.9 Å². The number of hydrogen-bond acceptors (Lipinski definition) is 5. The Morgan fingerprint density at radius 3 is 1.81 bits per heavy atom. The fourth-order valence-electron chi connectivity index (χ4n) is 2.73. The molecule has 0 spiro atoms. The average molecular weight is 572 g/mol. The quantitative estimate of drug-likeness (QED) is 0.400. The van der Waals surface area contributed by atoms with Gasteiger partial charge in [-0.3, -0.25) is 0 Å². The van der Waals surface area contributed by atoms with Crippen molar-refractivity contribution in [3.63, 3.8) is 0 Å². The van der Waals surface area contributed by atoms with Crippen molar-refractivity contribution in [3.8, 4) is 17.6 Å². The molecule has 1 aliphatic heterocycles. The first-order valence-corrected chi connectivity index (χ1v) is 11.9. The summed E-state index contributed by atoms with van der Waals surface area (Å²) >= 11 is 6.92. The Kier molecular flexibility index (Phi) is 18.0. The number of halogens is 2. The molecule has 0 bridgehead atoms. The van der Waals surface area contributed by atoms with Gasteiger partial charge in [0.25, 0.3) is 0 Å². The molecule has 7 heteroatoms. The lowest BCUT2D eigenvalue weighted by Crippen LogP contribution is -2.00. The molecule has 0 saturated carbocycles. The zero-order valence-electron chi connectivity index (χ0n) is 18.3. The van der Waals surface area contributed by atoms with Crippen LogP contribution in [-0.4, -0.2) is 34.0 Å². The van der Waals surface area contributed by atoms with Gasteiger partial charge in [0.15, 0.2) is 0 Å². The van der Waals surface area contributed by atoms with Crippen LogP contribution in [0.15, 0.2) is 45.3 Å². The molecule has 1 saturated heterocycles. The molecule has 2 N–H and O–H groups in total. The van der Waals surface area contributed by atoms with E-state index in [9.17, 15) is 0 Å². The van der Waals surface area contributed by atoms with E-state index in [0.29, 0.717) is 6.42 Å². The number of aryl methyl sites for hydroxylation is 2. The highest BCUT2D eigenvalue weighted by Crippen LogP contribution is 2.24. The van der Waals surface area contributed by atoms with Crippen LogP contribution in [0.1, 0.15) is 44.2 Å². The maximum absolute atomic E-state index is 8.45. The highest BCUT2D eigenvalue weighted by Gasteiger charge is 2.02. The Bertz CT molecular complexity index is 799. The molecule has 0 unspecified atom stereocenters. The van der Waals surface area contributed by atoms with E-state index in [-0.39, 0.29) is 7.43 Å². The van der Waals surface area contributed by atoms with Gasteiger partial charge in [0.1, 0.15) is 11.5 Å². The number of nitrogens with two attached hydrogens (primary N) is 1. The molecule has 0 aromatic heterocycles. The number of methoxy groups -OCH3 is 2. The lowest BCUT2D eigenvalue weighted by Gasteiger charge is -2.06. The molecule has 2 aromatic rings. The smallest absolute Gasteiger partial charge is 0.119 e. The zero-order valence-corrected chi connectivity index (χ0v) is 21.5. The van der Waals surface area contributed by atoms with Gasteiger partial charge in [-0.05, 0) is 86.2 Å². The van der Waals surface area contributed by atoms with Crippen LogP contribution in [0.5, 0.6) is 11.5 Å². The summed E-state index contributed by atoms with van der Waals surface area (Å²) in [6.07, 6.45) is 5.85. The van der Waals surface area contributed by atoms with Crippen molar-refractivity contribution in [2.24, 2.45) is 5.73 Å². The van der Waals surface area contributed by atoms with Crippen molar-refractivity contribution in [2.75, 3.05) is 34.0 Å². The topological polar surface area (TPSA) is 77.5 Å². The molecule has 1 fully saturated rings. The second-order valence-electron chi connectivity index (χ2n) is 6.78. The molecule has 0 atom stereocenters. The van der Waals surface area contributed by atoms with Crippen molar-refractivity contribution in [1.82, 2.24) is 0 Å². The predicted octanol–water partition coefficient (Wildman–Crippen LogP) is 6.70.